The van der Waals surface area contributed by atoms with Crippen molar-refractivity contribution in [2.75, 3.05) is 7.11 Å². The molecule has 2 nitrogen and oxygen atoms in total. The second kappa shape index (κ2) is 9.91. The zero-order valence-corrected chi connectivity index (χ0v) is 23.9. The van der Waals surface area contributed by atoms with E-state index < -0.39 is 31.1 Å². The SMILES string of the molecule is COC1=C(O[Si](C)(C)C)c2ccccc2C1[C]1([Zr+2]=[C](C)C)C=Cc2ccccc21.[Cl-].[Cl-]. The van der Waals surface area contributed by atoms with E-state index in [0.29, 0.717) is 0 Å². The van der Waals surface area contributed by atoms with Crippen LogP contribution in [0.5, 0.6) is 0 Å². The van der Waals surface area contributed by atoms with Crippen LogP contribution in [-0.2, 0) is 35.0 Å². The fourth-order valence-electron chi connectivity index (χ4n) is 4.61. The Morgan fingerprint density at radius 1 is 0.968 bits per heavy atom. The maximum atomic E-state index is 6.64. The second-order valence-electron chi connectivity index (χ2n) is 9.05. The molecular formula is C25H29Cl2O2SiZr. The third-order valence-electron chi connectivity index (χ3n) is 5.47. The molecule has 0 saturated carbocycles. The summed E-state index contributed by atoms with van der Waals surface area (Å²) in [5.41, 5.74) is 5.36. The molecule has 2 aliphatic carbocycles. The first kappa shape index (κ1) is 26.3. The first-order valence-corrected chi connectivity index (χ1v) is 16.1. The first-order valence-electron chi connectivity index (χ1n) is 10.2. The molecule has 2 atom stereocenters. The van der Waals surface area contributed by atoms with Crippen molar-refractivity contribution in [3.05, 3.63) is 82.6 Å². The van der Waals surface area contributed by atoms with Crippen LogP contribution in [0.3, 0.4) is 0 Å². The Hall–Kier alpha value is -0.930. The van der Waals surface area contributed by atoms with Crippen LogP contribution in [0.4, 0.5) is 0 Å². The van der Waals surface area contributed by atoms with Gasteiger partial charge < -0.3 is 24.8 Å². The standard InChI is InChI=1S/C22H23O2Si.C3H6.2ClH.Zr/c1-23-22-20(18-14-13-15-9-5-6-10-16(15)18)17-11-7-8-12-19(17)21(22)24-25(2,3)4;1-3-2;;;/h5-14,20H,1-4H3;1-2H3;2*1H;/q;;;;+2/p-2. The maximum Gasteiger partial charge on any atom is -1.00 e. The molecule has 2 aromatic carbocycles. The van der Waals surface area contributed by atoms with Gasteiger partial charge in [0.15, 0.2) is 0 Å². The number of allylic oxidation sites excluding steroid dienone is 2. The van der Waals surface area contributed by atoms with Crippen molar-refractivity contribution in [2.45, 2.75) is 42.5 Å². The van der Waals surface area contributed by atoms with Crippen LogP contribution in [-0.4, -0.2) is 18.6 Å². The third-order valence-corrected chi connectivity index (χ3v) is 10.3. The molecular weight excluding hydrogens is 522 g/mol. The molecule has 6 heteroatoms. The van der Waals surface area contributed by atoms with Gasteiger partial charge in [0.1, 0.15) is 0 Å². The van der Waals surface area contributed by atoms with E-state index in [9.17, 15) is 0 Å². The Balaban J connectivity index is 0.00000171. The Labute approximate surface area is 211 Å². The predicted octanol–water partition coefficient (Wildman–Crippen LogP) is 0.175. The van der Waals surface area contributed by atoms with Crippen molar-refractivity contribution >= 4 is 23.4 Å². The molecule has 0 radical (unpaired) electrons. The summed E-state index contributed by atoms with van der Waals surface area (Å²) in [6, 6.07) is 17.6. The molecule has 0 bridgehead atoms. The number of benzene rings is 2. The number of halogens is 2. The van der Waals surface area contributed by atoms with E-state index >= 15 is 0 Å². The number of ether oxygens (including phenoxy) is 1. The van der Waals surface area contributed by atoms with Gasteiger partial charge in [-0.2, -0.15) is 0 Å². The van der Waals surface area contributed by atoms with E-state index in [2.05, 4.69) is 94.2 Å². The molecule has 4 rings (SSSR count). The molecule has 0 heterocycles. The summed E-state index contributed by atoms with van der Waals surface area (Å²) in [7, 11) is 0.0199. The molecule has 2 aromatic rings. The molecule has 0 amide bonds. The zero-order valence-electron chi connectivity index (χ0n) is 18.9. The minimum Gasteiger partial charge on any atom is -1.00 e. The van der Waals surface area contributed by atoms with E-state index in [1.165, 1.54) is 22.3 Å². The Morgan fingerprint density at radius 3 is 2.26 bits per heavy atom. The maximum absolute atomic E-state index is 6.64. The van der Waals surface area contributed by atoms with Gasteiger partial charge in [-0.3, -0.25) is 0 Å². The van der Waals surface area contributed by atoms with E-state index in [1.54, 1.807) is 3.21 Å². The smallest absolute Gasteiger partial charge is 1.00 e. The van der Waals surface area contributed by atoms with Crippen LogP contribution in [0.1, 0.15) is 42.0 Å². The quantitative estimate of drug-likeness (QED) is 0.494. The molecule has 2 unspecified atom stereocenters. The van der Waals surface area contributed by atoms with Gasteiger partial charge in [0.05, 0.1) is 0 Å². The molecule has 163 valence electrons. The topological polar surface area (TPSA) is 18.5 Å². The van der Waals surface area contributed by atoms with Gasteiger partial charge in [0.25, 0.3) is 0 Å². The van der Waals surface area contributed by atoms with Crippen molar-refractivity contribution in [1.82, 2.24) is 0 Å². The number of hydrogen-bond donors (Lipinski definition) is 0. The van der Waals surface area contributed by atoms with Crippen LogP contribution in [0, 0.1) is 0 Å². The van der Waals surface area contributed by atoms with Gasteiger partial charge in [-0.25, -0.2) is 0 Å². The number of fused-ring (bicyclic) bond motifs is 2. The van der Waals surface area contributed by atoms with Gasteiger partial charge in [-0.15, -0.1) is 0 Å². The number of rotatable bonds is 5. The van der Waals surface area contributed by atoms with Crippen molar-refractivity contribution in [2.24, 2.45) is 0 Å². The molecule has 0 aromatic heterocycles. The van der Waals surface area contributed by atoms with Crippen molar-refractivity contribution in [1.29, 1.82) is 0 Å². The Bertz CT molecular complexity index is 1050. The molecule has 0 N–H and O–H groups in total. The summed E-state index contributed by atoms with van der Waals surface area (Å²) < 4.78 is 14.4. The molecule has 31 heavy (non-hydrogen) atoms. The van der Waals surface area contributed by atoms with Crippen LogP contribution in [0.2, 0.25) is 19.6 Å². The Morgan fingerprint density at radius 2 is 1.61 bits per heavy atom. The summed E-state index contributed by atoms with van der Waals surface area (Å²) >= 11 is -0.949. The first-order chi connectivity index (χ1) is 13.8. The number of methoxy groups -OCH3 is 1. The minimum atomic E-state index is -1.79. The summed E-state index contributed by atoms with van der Waals surface area (Å²) in [6.07, 6.45) is 4.81. The summed E-state index contributed by atoms with van der Waals surface area (Å²) in [4.78, 5) is 0. The van der Waals surface area contributed by atoms with Crippen LogP contribution >= 0.6 is 0 Å². The molecule has 0 aliphatic heterocycles. The largest absolute Gasteiger partial charge is 1.00 e. The van der Waals surface area contributed by atoms with Gasteiger partial charge >= 0.3 is 188 Å². The van der Waals surface area contributed by atoms with E-state index in [0.717, 1.165) is 11.5 Å². The fourth-order valence-corrected chi connectivity index (χ4v) is 9.83. The van der Waals surface area contributed by atoms with E-state index in [-0.39, 0.29) is 33.9 Å². The second-order valence-corrected chi connectivity index (χ2v) is 18.6. The fraction of sp³-hybridized carbons (Fsp3) is 0.320. The average molecular weight is 552 g/mol. The van der Waals surface area contributed by atoms with Gasteiger partial charge in [0.2, 0.25) is 0 Å². The van der Waals surface area contributed by atoms with Crippen LogP contribution in [0.15, 0.2) is 60.4 Å². The van der Waals surface area contributed by atoms with Gasteiger partial charge in [-0.05, 0) is 0 Å². The average Bonchev–Trinajstić information content (AvgIpc) is 3.17. The normalized spacial score (nSPS) is 20.8. The van der Waals surface area contributed by atoms with Crippen molar-refractivity contribution < 1.29 is 56.7 Å². The third kappa shape index (κ3) is 4.74. The van der Waals surface area contributed by atoms with Crippen LogP contribution in [0.25, 0.3) is 11.8 Å². The van der Waals surface area contributed by atoms with Crippen LogP contribution < -0.4 is 24.8 Å². The van der Waals surface area contributed by atoms with E-state index in [1.807, 2.05) is 7.11 Å². The predicted molar refractivity (Wildman–Crippen MR) is 121 cm³/mol. The van der Waals surface area contributed by atoms with Gasteiger partial charge in [-0.1, -0.05) is 0 Å². The molecule has 2 aliphatic rings. The zero-order chi connectivity index (χ0) is 20.8. The number of hydrogen-bond acceptors (Lipinski definition) is 2. The summed E-state index contributed by atoms with van der Waals surface area (Å²) in [5, 5.41) is 0. The van der Waals surface area contributed by atoms with Gasteiger partial charge in [0, 0.05) is 0 Å². The molecule has 0 saturated heterocycles. The van der Waals surface area contributed by atoms with Crippen molar-refractivity contribution in [3.63, 3.8) is 0 Å². The summed E-state index contributed by atoms with van der Waals surface area (Å²) in [5.74, 6) is 2.16. The Kier molecular flexibility index (Phi) is 8.42. The summed E-state index contributed by atoms with van der Waals surface area (Å²) in [6.45, 7) is 11.3. The van der Waals surface area contributed by atoms with E-state index in [4.69, 9.17) is 9.16 Å². The van der Waals surface area contributed by atoms with Crippen molar-refractivity contribution in [3.8, 4) is 0 Å². The minimum absolute atomic E-state index is 0. The molecule has 0 fully saturated rings. The molecule has 0 spiro atoms. The monoisotopic (exact) mass is 549 g/mol.